The summed E-state index contributed by atoms with van der Waals surface area (Å²) in [5, 5.41) is 20.1. The molecule has 0 fully saturated rings. The van der Waals surface area contributed by atoms with Gasteiger partial charge in [-0.25, -0.2) is 14.8 Å². The van der Waals surface area contributed by atoms with Crippen LogP contribution in [0.4, 0.5) is 0 Å². The summed E-state index contributed by atoms with van der Waals surface area (Å²) in [7, 11) is 0. The van der Waals surface area contributed by atoms with Crippen LogP contribution in [-0.4, -0.2) is 64.3 Å². The molecule has 0 aliphatic rings. The van der Waals surface area contributed by atoms with E-state index in [2.05, 4.69) is 25.1 Å². The Bertz CT molecular complexity index is 2780. The highest BCUT2D eigenvalue weighted by Gasteiger charge is 2.15. The van der Waals surface area contributed by atoms with Crippen LogP contribution in [-0.2, 0) is 16.0 Å². The molecular formula is C51H49ClN2O8S3. The zero-order chi connectivity index (χ0) is 44.8. The van der Waals surface area contributed by atoms with Gasteiger partial charge in [-0.1, -0.05) is 67.1 Å². The number of carboxylic acid groups (broad SMARTS) is 2. The minimum atomic E-state index is -0.979. The maximum atomic E-state index is 10.7. The zero-order valence-electron chi connectivity index (χ0n) is 35.1. The lowest BCUT2D eigenvalue weighted by Gasteiger charge is -2.11. The molecule has 0 aliphatic carbocycles. The van der Waals surface area contributed by atoms with Gasteiger partial charge in [0.15, 0.2) is 6.61 Å². The standard InChI is InChI=1S/C26H25NO4S2.C24H20ClNO4S.CH4/c1-17-8-10-23(20(14-17)26-27-21-6-3-4-7-24(21)33-26)30-12-5-13-32-19-9-11-22(18(2)15-19)31-16-25(28)29;25-17-8-11-21(19(15-17)24-26-20-4-1-2-5-22(20)31-24)30-13-3-12-29-18-9-6-16(7-10-18)14-23(27)28;/h3-4,6-11,14-15H,5,12-13,16H2,1-2H3,(H,28,29);1-2,4-11,15H,3,12-14H2,(H,27,28);1H4. The number of rotatable bonds is 19. The lowest BCUT2D eigenvalue weighted by molar-refractivity contribution is -0.139. The van der Waals surface area contributed by atoms with E-state index in [0.717, 1.165) is 76.6 Å². The Morgan fingerprint density at radius 3 is 1.83 bits per heavy atom. The summed E-state index contributed by atoms with van der Waals surface area (Å²) < 4.78 is 25.5. The highest BCUT2D eigenvalue weighted by Crippen LogP contribution is 2.38. The molecular weight excluding hydrogens is 900 g/mol. The van der Waals surface area contributed by atoms with Crippen molar-refractivity contribution < 1.29 is 38.7 Å². The SMILES string of the molecule is C.Cc1ccc(OCCCSc2ccc(OCC(=O)O)c(C)c2)c(-c2nc3ccccc3s2)c1.O=C(O)Cc1ccc(OCCCOc2ccc(Cl)cc2-c2nc3ccccc3s2)cc1. The van der Waals surface area contributed by atoms with Crippen LogP contribution in [0.25, 0.3) is 41.6 Å². The maximum Gasteiger partial charge on any atom is 0.341 e. The molecule has 0 saturated heterocycles. The van der Waals surface area contributed by atoms with E-state index < -0.39 is 11.9 Å². The molecule has 2 N–H and O–H groups in total. The van der Waals surface area contributed by atoms with Crippen molar-refractivity contribution in [3.8, 4) is 44.1 Å². The van der Waals surface area contributed by atoms with Crippen LogP contribution in [0.3, 0.4) is 0 Å². The number of carboxylic acids is 2. The molecule has 6 aromatic carbocycles. The van der Waals surface area contributed by atoms with Crippen LogP contribution in [0.1, 0.15) is 37.0 Å². The number of hydrogen-bond donors (Lipinski definition) is 2. The summed E-state index contributed by atoms with van der Waals surface area (Å²) in [5.74, 6) is 1.99. The predicted molar refractivity (Wildman–Crippen MR) is 265 cm³/mol. The first-order valence-electron chi connectivity index (χ1n) is 20.5. The van der Waals surface area contributed by atoms with Crippen molar-refractivity contribution in [3.63, 3.8) is 0 Å². The lowest BCUT2D eigenvalue weighted by atomic mass is 10.1. The number of ether oxygens (including phenoxy) is 4. The molecule has 10 nitrogen and oxygen atoms in total. The Morgan fingerprint density at radius 1 is 0.631 bits per heavy atom. The van der Waals surface area contributed by atoms with E-state index >= 15 is 0 Å². The first-order chi connectivity index (χ1) is 31.1. The second kappa shape index (κ2) is 23.7. The van der Waals surface area contributed by atoms with Crippen LogP contribution in [0, 0.1) is 13.8 Å². The molecule has 2 heterocycles. The molecule has 8 aromatic rings. The summed E-state index contributed by atoms with van der Waals surface area (Å²) in [6, 6.07) is 40.9. The van der Waals surface area contributed by atoms with Gasteiger partial charge in [-0.2, -0.15) is 0 Å². The number of fused-ring (bicyclic) bond motifs is 2. The molecule has 0 bridgehead atoms. The molecule has 0 unspecified atom stereocenters. The zero-order valence-corrected chi connectivity index (χ0v) is 38.3. The molecule has 0 atom stereocenters. The van der Waals surface area contributed by atoms with Gasteiger partial charge < -0.3 is 29.2 Å². The first kappa shape index (κ1) is 48.3. The quantitative estimate of drug-likeness (QED) is 0.0592. The minimum absolute atomic E-state index is 0. The van der Waals surface area contributed by atoms with Gasteiger partial charge in [0, 0.05) is 22.1 Å². The molecule has 2 aromatic heterocycles. The highest BCUT2D eigenvalue weighted by molar-refractivity contribution is 7.99. The lowest BCUT2D eigenvalue weighted by Crippen LogP contribution is -2.10. The van der Waals surface area contributed by atoms with E-state index in [-0.39, 0.29) is 20.5 Å². The molecule has 8 rings (SSSR count). The average Bonchev–Trinajstić information content (AvgIpc) is 3.92. The van der Waals surface area contributed by atoms with E-state index in [0.29, 0.717) is 42.8 Å². The number of thiazole rings is 2. The number of benzene rings is 6. The molecule has 336 valence electrons. The summed E-state index contributed by atoms with van der Waals surface area (Å²) in [4.78, 5) is 32.0. The average molecular weight is 950 g/mol. The number of thioether (sulfide) groups is 1. The van der Waals surface area contributed by atoms with E-state index in [4.69, 9.17) is 50.7 Å². The summed E-state index contributed by atoms with van der Waals surface area (Å²) in [6.07, 6.45) is 1.60. The van der Waals surface area contributed by atoms with Gasteiger partial charge in [0.05, 0.1) is 57.8 Å². The Balaban J connectivity index is 0.000000212. The van der Waals surface area contributed by atoms with E-state index in [9.17, 15) is 9.59 Å². The topological polar surface area (TPSA) is 137 Å². The van der Waals surface area contributed by atoms with Crippen molar-refractivity contribution in [3.05, 3.63) is 149 Å². The van der Waals surface area contributed by atoms with Gasteiger partial charge in [0.25, 0.3) is 0 Å². The normalized spacial score (nSPS) is 10.8. The van der Waals surface area contributed by atoms with Crippen LogP contribution >= 0.6 is 46.0 Å². The molecule has 0 saturated carbocycles. The molecule has 14 heteroatoms. The number of aromatic nitrogens is 2. The summed E-state index contributed by atoms with van der Waals surface area (Å²) in [6.45, 7) is 5.26. The first-order valence-corrected chi connectivity index (χ1v) is 23.5. The second-order valence-electron chi connectivity index (χ2n) is 14.5. The summed E-state index contributed by atoms with van der Waals surface area (Å²) in [5.41, 5.74) is 6.73. The van der Waals surface area contributed by atoms with E-state index in [1.165, 1.54) is 10.3 Å². The van der Waals surface area contributed by atoms with Crippen LogP contribution in [0.15, 0.2) is 132 Å². The number of aliphatic carboxylic acids is 2. The third-order valence-corrected chi connectivity index (χ3v) is 13.0. The molecule has 0 spiro atoms. The Morgan fingerprint density at radius 2 is 1.22 bits per heavy atom. The largest absolute Gasteiger partial charge is 0.493 e. The van der Waals surface area contributed by atoms with E-state index in [1.807, 2.05) is 91.9 Å². The minimum Gasteiger partial charge on any atom is -0.493 e. The number of nitrogens with zero attached hydrogens (tertiary/aromatic N) is 2. The van der Waals surface area contributed by atoms with Crippen molar-refractivity contribution >= 4 is 78.4 Å². The fraction of sp³-hybridized carbons (Fsp3) is 0.216. The van der Waals surface area contributed by atoms with Gasteiger partial charge in [-0.15, -0.1) is 34.4 Å². The number of carbonyl (C=O) groups is 2. The third kappa shape index (κ3) is 13.9. The van der Waals surface area contributed by atoms with Crippen molar-refractivity contribution in [1.82, 2.24) is 9.97 Å². The number of aryl methyl sites for hydroxylation is 2. The smallest absolute Gasteiger partial charge is 0.341 e. The van der Waals surface area contributed by atoms with Gasteiger partial charge >= 0.3 is 11.9 Å². The van der Waals surface area contributed by atoms with Gasteiger partial charge in [-0.05, 0) is 116 Å². The Labute approximate surface area is 395 Å². The van der Waals surface area contributed by atoms with Crippen LogP contribution < -0.4 is 18.9 Å². The van der Waals surface area contributed by atoms with Crippen molar-refractivity contribution in [2.45, 2.75) is 45.4 Å². The van der Waals surface area contributed by atoms with E-state index in [1.54, 1.807) is 58.7 Å². The van der Waals surface area contributed by atoms with Gasteiger partial charge in [0.1, 0.15) is 33.0 Å². The monoisotopic (exact) mass is 948 g/mol. The van der Waals surface area contributed by atoms with Crippen LogP contribution in [0.5, 0.6) is 23.0 Å². The maximum absolute atomic E-state index is 10.7. The van der Waals surface area contributed by atoms with Crippen LogP contribution in [0.2, 0.25) is 5.02 Å². The number of halogens is 1. The molecule has 0 radical (unpaired) electrons. The van der Waals surface area contributed by atoms with Crippen molar-refractivity contribution in [2.24, 2.45) is 0 Å². The fourth-order valence-electron chi connectivity index (χ4n) is 6.46. The number of hydrogen-bond acceptors (Lipinski definition) is 11. The van der Waals surface area contributed by atoms with Crippen molar-refractivity contribution in [1.29, 1.82) is 0 Å². The molecule has 0 amide bonds. The predicted octanol–water partition coefficient (Wildman–Crippen LogP) is 13.3. The Kier molecular flexibility index (Phi) is 17.6. The molecule has 65 heavy (non-hydrogen) atoms. The highest BCUT2D eigenvalue weighted by atomic mass is 35.5. The fourth-order valence-corrected chi connectivity index (χ4v) is 9.53. The van der Waals surface area contributed by atoms with Gasteiger partial charge in [0.2, 0.25) is 0 Å². The second-order valence-corrected chi connectivity index (χ2v) is 18.2. The molecule has 0 aliphatic heterocycles. The summed E-state index contributed by atoms with van der Waals surface area (Å²) >= 11 is 11.3. The number of para-hydroxylation sites is 2. The Hall–Kier alpha value is -6.12. The van der Waals surface area contributed by atoms with Crippen molar-refractivity contribution in [2.75, 3.05) is 32.2 Å². The van der Waals surface area contributed by atoms with Gasteiger partial charge in [-0.3, -0.25) is 4.79 Å². The third-order valence-electron chi connectivity index (χ3n) is 9.53.